The molecule has 0 aliphatic rings. The average Bonchev–Trinajstić information content (AvgIpc) is 2.68. The molecule has 0 heterocycles. The Bertz CT molecular complexity index is 731. The summed E-state index contributed by atoms with van der Waals surface area (Å²) < 4.78 is 5.15. The van der Waals surface area contributed by atoms with E-state index in [1.54, 1.807) is 0 Å². The molecule has 4 nitrogen and oxygen atoms in total. The van der Waals surface area contributed by atoms with Crippen molar-refractivity contribution < 1.29 is 19.4 Å². The average molecular weight is 433 g/mol. The van der Waals surface area contributed by atoms with E-state index in [0.717, 1.165) is 64.2 Å². The van der Waals surface area contributed by atoms with Gasteiger partial charge in [-0.05, 0) is 121 Å². The molecule has 0 spiro atoms. The second kappa shape index (κ2) is 12.3. The van der Waals surface area contributed by atoms with Crippen molar-refractivity contribution in [2.45, 2.75) is 118 Å². The van der Waals surface area contributed by atoms with E-state index in [2.05, 4.69) is 26.8 Å². The lowest BCUT2D eigenvalue weighted by Gasteiger charge is -2.22. The molecule has 0 aromatic heterocycles. The highest BCUT2D eigenvalue weighted by atomic mass is 16.5. The van der Waals surface area contributed by atoms with E-state index in [4.69, 9.17) is 4.74 Å². The molecule has 4 heteroatoms. The summed E-state index contributed by atoms with van der Waals surface area (Å²) in [4.78, 5) is 21.8. The minimum absolute atomic E-state index is 0.384. The molecule has 1 N–H and O–H groups in total. The molecule has 1 aromatic rings. The number of carboxylic acids is 1. The number of unbranched alkanes of at least 4 members (excludes halogenated alkanes) is 4. The third-order valence-electron chi connectivity index (χ3n) is 6.86. The lowest BCUT2D eigenvalue weighted by molar-refractivity contribution is -0.147. The van der Waals surface area contributed by atoms with Crippen LogP contribution >= 0.6 is 0 Å². The van der Waals surface area contributed by atoms with Gasteiger partial charge in [0.25, 0.3) is 6.47 Å². The third kappa shape index (κ3) is 9.04. The van der Waals surface area contributed by atoms with Crippen molar-refractivity contribution in [1.29, 1.82) is 0 Å². The quantitative estimate of drug-likeness (QED) is 0.242. The molecule has 0 aliphatic carbocycles. The molecule has 0 amide bonds. The number of carbonyl (C=O) groups excluding carboxylic acids is 1. The normalized spacial score (nSPS) is 12.1. The Labute approximate surface area is 189 Å². The molecule has 0 bridgehead atoms. The molecule has 0 aliphatic heterocycles. The summed E-state index contributed by atoms with van der Waals surface area (Å²) in [6.45, 7) is 14.8. The van der Waals surface area contributed by atoms with E-state index in [1.807, 2.05) is 27.7 Å². The molecular weight excluding hydrogens is 388 g/mol. The van der Waals surface area contributed by atoms with Crippen LogP contribution in [0.4, 0.5) is 0 Å². The highest BCUT2D eigenvalue weighted by molar-refractivity contribution is 5.73. The maximum Gasteiger partial charge on any atom is 0.309 e. The first-order valence-electron chi connectivity index (χ1n) is 11.8. The van der Waals surface area contributed by atoms with Gasteiger partial charge in [0.05, 0.1) is 5.41 Å². The Balaban J connectivity index is 2.56. The molecule has 0 fully saturated rings. The lowest BCUT2D eigenvalue weighted by Crippen LogP contribution is -2.23. The summed E-state index contributed by atoms with van der Waals surface area (Å²) in [5.41, 5.74) is 6.11. The fourth-order valence-corrected chi connectivity index (χ4v) is 4.11. The number of ether oxygens (including phenoxy) is 1. The largest absolute Gasteiger partial charge is 0.481 e. The number of carbonyl (C=O) groups is 2. The predicted octanol–water partition coefficient (Wildman–Crippen LogP) is 6.88. The Morgan fingerprint density at radius 3 is 1.84 bits per heavy atom. The molecule has 0 saturated heterocycles. The minimum atomic E-state index is -0.703. The molecule has 1 rings (SSSR count). The van der Waals surface area contributed by atoms with Crippen molar-refractivity contribution in [3.63, 3.8) is 0 Å². The predicted molar refractivity (Wildman–Crippen MR) is 128 cm³/mol. The van der Waals surface area contributed by atoms with E-state index >= 15 is 0 Å². The van der Waals surface area contributed by atoms with Crippen LogP contribution in [0.3, 0.4) is 0 Å². The zero-order valence-electron chi connectivity index (χ0n) is 20.9. The Hall–Kier alpha value is -1.84. The van der Waals surface area contributed by atoms with Gasteiger partial charge in [-0.15, -0.1) is 0 Å². The van der Waals surface area contributed by atoms with Crippen LogP contribution in [0.2, 0.25) is 0 Å². The van der Waals surface area contributed by atoms with Crippen LogP contribution in [0.15, 0.2) is 6.07 Å². The van der Waals surface area contributed by atoms with Gasteiger partial charge < -0.3 is 9.84 Å². The Kier molecular flexibility index (Phi) is 10.8. The topological polar surface area (TPSA) is 63.6 Å². The Morgan fingerprint density at radius 2 is 1.32 bits per heavy atom. The zero-order chi connectivity index (χ0) is 23.7. The van der Waals surface area contributed by atoms with E-state index in [0.29, 0.717) is 6.47 Å². The lowest BCUT2D eigenvalue weighted by atomic mass is 9.86. The van der Waals surface area contributed by atoms with Crippen molar-refractivity contribution in [1.82, 2.24) is 0 Å². The number of hydrogen-bond donors (Lipinski definition) is 1. The van der Waals surface area contributed by atoms with Crippen molar-refractivity contribution in [3.8, 4) is 0 Å². The fourth-order valence-electron chi connectivity index (χ4n) is 4.11. The van der Waals surface area contributed by atoms with Gasteiger partial charge in [-0.1, -0.05) is 25.3 Å². The molecule has 0 unspecified atom stereocenters. The van der Waals surface area contributed by atoms with Gasteiger partial charge in [0.15, 0.2) is 0 Å². The summed E-state index contributed by atoms with van der Waals surface area (Å²) in [7, 11) is 0. The summed E-state index contributed by atoms with van der Waals surface area (Å²) in [6, 6.07) is 2.40. The van der Waals surface area contributed by atoms with Crippen LogP contribution in [0.1, 0.15) is 107 Å². The van der Waals surface area contributed by atoms with E-state index < -0.39 is 11.4 Å². The van der Waals surface area contributed by atoms with Crippen LogP contribution in [0.25, 0.3) is 0 Å². The van der Waals surface area contributed by atoms with Crippen LogP contribution in [-0.2, 0) is 27.2 Å². The van der Waals surface area contributed by atoms with E-state index in [9.17, 15) is 14.7 Å². The fraction of sp³-hybridized carbons (Fsp3) is 0.704. The molecular formula is C27H44O4. The summed E-state index contributed by atoms with van der Waals surface area (Å²) >= 11 is 0. The van der Waals surface area contributed by atoms with Crippen LogP contribution in [0.5, 0.6) is 0 Å². The van der Waals surface area contributed by atoms with E-state index in [-0.39, 0.29) is 5.60 Å². The number of aryl methyl sites for hydroxylation is 2. The van der Waals surface area contributed by atoms with Gasteiger partial charge in [-0.3, -0.25) is 9.59 Å². The maximum atomic E-state index is 11.2. The van der Waals surface area contributed by atoms with Crippen LogP contribution in [0, 0.1) is 26.2 Å². The van der Waals surface area contributed by atoms with Gasteiger partial charge in [0, 0.05) is 0 Å². The monoisotopic (exact) mass is 432 g/mol. The molecule has 31 heavy (non-hydrogen) atoms. The Morgan fingerprint density at radius 1 is 0.839 bits per heavy atom. The van der Waals surface area contributed by atoms with Gasteiger partial charge in [0.1, 0.15) is 5.60 Å². The van der Waals surface area contributed by atoms with Crippen LogP contribution in [-0.4, -0.2) is 23.1 Å². The summed E-state index contributed by atoms with van der Waals surface area (Å²) in [5.74, 6) is -0.703. The van der Waals surface area contributed by atoms with Gasteiger partial charge >= 0.3 is 5.97 Å². The molecule has 0 radical (unpaired) electrons. The van der Waals surface area contributed by atoms with Gasteiger partial charge in [-0.2, -0.15) is 0 Å². The van der Waals surface area contributed by atoms with Crippen LogP contribution < -0.4 is 0 Å². The summed E-state index contributed by atoms with van der Waals surface area (Å²) in [6.07, 6.45) is 10.2. The second-order valence-corrected chi connectivity index (χ2v) is 10.4. The molecule has 1 aromatic carbocycles. The number of benzene rings is 1. The zero-order valence-corrected chi connectivity index (χ0v) is 20.9. The highest BCUT2D eigenvalue weighted by Crippen LogP contribution is 2.27. The van der Waals surface area contributed by atoms with E-state index in [1.165, 1.54) is 27.8 Å². The molecule has 0 saturated carbocycles. The summed E-state index contributed by atoms with van der Waals surface area (Å²) in [5, 5.41) is 9.22. The first kappa shape index (κ1) is 27.2. The van der Waals surface area contributed by atoms with Crippen molar-refractivity contribution in [3.05, 3.63) is 33.9 Å². The smallest absolute Gasteiger partial charge is 0.309 e. The number of aliphatic carboxylic acids is 1. The third-order valence-corrected chi connectivity index (χ3v) is 6.86. The number of hydrogen-bond acceptors (Lipinski definition) is 3. The standard InChI is InChI=1S/C27H44O4/c1-20-21(2)23(14-10-8-9-12-16-26(4,5)25(29)30)18-24(22(20)3)15-11-13-17-27(6,7)31-19-28/h18-19H,8-17H2,1-7H3,(H,29,30). The molecule has 176 valence electrons. The molecule has 0 atom stereocenters. The highest BCUT2D eigenvalue weighted by Gasteiger charge is 2.25. The second-order valence-electron chi connectivity index (χ2n) is 10.4. The van der Waals surface area contributed by atoms with Crippen molar-refractivity contribution in [2.24, 2.45) is 5.41 Å². The minimum Gasteiger partial charge on any atom is -0.481 e. The first-order valence-corrected chi connectivity index (χ1v) is 11.8. The van der Waals surface area contributed by atoms with Gasteiger partial charge in [0.2, 0.25) is 0 Å². The van der Waals surface area contributed by atoms with Crippen molar-refractivity contribution >= 4 is 12.4 Å². The first-order chi connectivity index (χ1) is 14.4. The number of carboxylic acid groups (broad SMARTS) is 1. The SMILES string of the molecule is Cc1c(CCCCCCC(C)(C)C(=O)O)cc(CCCCC(C)(C)OC=O)c(C)c1C. The van der Waals surface area contributed by atoms with Gasteiger partial charge in [-0.25, -0.2) is 0 Å². The van der Waals surface area contributed by atoms with Crippen molar-refractivity contribution in [2.75, 3.05) is 0 Å². The number of rotatable bonds is 15. The maximum absolute atomic E-state index is 11.2.